The van der Waals surface area contributed by atoms with Crippen molar-refractivity contribution in [3.05, 3.63) is 83.4 Å². The van der Waals surface area contributed by atoms with E-state index in [1.807, 2.05) is 30.3 Å². The highest BCUT2D eigenvalue weighted by molar-refractivity contribution is 7.92. The van der Waals surface area contributed by atoms with Gasteiger partial charge in [0.25, 0.3) is 15.9 Å². The summed E-state index contributed by atoms with van der Waals surface area (Å²) in [5.41, 5.74) is 1.28. The van der Waals surface area contributed by atoms with Crippen LogP contribution in [0.15, 0.2) is 77.7 Å². The van der Waals surface area contributed by atoms with E-state index in [0.717, 1.165) is 5.56 Å². The zero-order valence-electron chi connectivity index (χ0n) is 17.2. The first-order chi connectivity index (χ1) is 15.4. The molecule has 0 bridgehead atoms. The SMILES string of the molecule is COc1ccc(S(=O)(=O)N2C[C@H](C(=O)NCc3ccccc3)Oc3ccccc32)cc1Cl. The average molecular weight is 473 g/mol. The molecule has 0 aromatic heterocycles. The first kappa shape index (κ1) is 22.0. The number of benzene rings is 3. The van der Waals surface area contributed by atoms with E-state index in [4.69, 9.17) is 21.1 Å². The number of rotatable bonds is 6. The highest BCUT2D eigenvalue weighted by Crippen LogP contribution is 2.38. The van der Waals surface area contributed by atoms with Crippen LogP contribution in [0.3, 0.4) is 0 Å². The molecule has 0 spiro atoms. The van der Waals surface area contributed by atoms with E-state index in [9.17, 15) is 13.2 Å². The number of carbonyl (C=O) groups is 1. The Morgan fingerprint density at radius 2 is 1.84 bits per heavy atom. The quantitative estimate of drug-likeness (QED) is 0.592. The number of amides is 1. The maximum atomic E-state index is 13.5. The van der Waals surface area contributed by atoms with Crippen molar-refractivity contribution in [3.8, 4) is 11.5 Å². The molecule has 0 saturated heterocycles. The first-order valence-electron chi connectivity index (χ1n) is 9.84. The van der Waals surface area contributed by atoms with E-state index >= 15 is 0 Å². The third-order valence-electron chi connectivity index (χ3n) is 5.05. The number of fused-ring (bicyclic) bond motifs is 1. The largest absolute Gasteiger partial charge is 0.495 e. The van der Waals surface area contributed by atoms with Crippen LogP contribution in [0.1, 0.15) is 5.56 Å². The van der Waals surface area contributed by atoms with Crippen molar-refractivity contribution >= 4 is 33.2 Å². The fourth-order valence-corrected chi connectivity index (χ4v) is 5.23. The Bertz CT molecular complexity index is 1230. The lowest BCUT2D eigenvalue weighted by Gasteiger charge is -2.34. The van der Waals surface area contributed by atoms with Crippen LogP contribution in [-0.4, -0.2) is 34.1 Å². The van der Waals surface area contributed by atoms with Gasteiger partial charge in [-0.2, -0.15) is 0 Å². The van der Waals surface area contributed by atoms with Crippen LogP contribution in [0.5, 0.6) is 11.5 Å². The van der Waals surface area contributed by atoms with E-state index in [1.165, 1.54) is 29.6 Å². The second kappa shape index (κ2) is 9.10. The second-order valence-corrected chi connectivity index (χ2v) is 9.38. The summed E-state index contributed by atoms with van der Waals surface area (Å²) in [6.07, 6.45) is -1.02. The van der Waals surface area contributed by atoms with Crippen molar-refractivity contribution in [2.24, 2.45) is 0 Å². The summed E-state index contributed by atoms with van der Waals surface area (Å²) < 4.78 is 39.1. The van der Waals surface area contributed by atoms with Crippen LogP contribution < -0.4 is 19.1 Å². The molecule has 0 unspecified atom stereocenters. The number of hydrogen-bond acceptors (Lipinski definition) is 5. The Morgan fingerprint density at radius 1 is 1.12 bits per heavy atom. The van der Waals surface area contributed by atoms with Crippen molar-refractivity contribution in [2.75, 3.05) is 18.0 Å². The molecule has 1 heterocycles. The number of ether oxygens (including phenoxy) is 2. The number of anilines is 1. The number of halogens is 1. The molecule has 0 fully saturated rings. The molecule has 1 atom stereocenters. The molecule has 0 saturated carbocycles. The van der Waals surface area contributed by atoms with Crippen molar-refractivity contribution in [3.63, 3.8) is 0 Å². The van der Waals surface area contributed by atoms with Gasteiger partial charge in [0.1, 0.15) is 11.5 Å². The summed E-state index contributed by atoms with van der Waals surface area (Å²) >= 11 is 6.16. The van der Waals surface area contributed by atoms with Crippen LogP contribution in [0.4, 0.5) is 5.69 Å². The molecule has 32 heavy (non-hydrogen) atoms. The highest BCUT2D eigenvalue weighted by atomic mass is 35.5. The van der Waals surface area contributed by atoms with Crippen LogP contribution >= 0.6 is 11.6 Å². The summed E-state index contributed by atoms with van der Waals surface area (Å²) in [4.78, 5) is 12.8. The molecule has 1 amide bonds. The lowest BCUT2D eigenvalue weighted by molar-refractivity contribution is -0.127. The molecule has 4 rings (SSSR count). The van der Waals surface area contributed by atoms with Gasteiger partial charge in [-0.3, -0.25) is 9.10 Å². The van der Waals surface area contributed by atoms with Gasteiger partial charge in [-0.05, 0) is 35.9 Å². The van der Waals surface area contributed by atoms with Crippen LogP contribution in [0.25, 0.3) is 0 Å². The molecule has 9 heteroatoms. The minimum atomic E-state index is -4.02. The molecule has 0 aliphatic carbocycles. The van der Waals surface area contributed by atoms with Gasteiger partial charge in [0.2, 0.25) is 0 Å². The molecule has 3 aromatic rings. The van der Waals surface area contributed by atoms with Crippen molar-refractivity contribution in [2.45, 2.75) is 17.5 Å². The third-order valence-corrected chi connectivity index (χ3v) is 7.12. The maximum Gasteiger partial charge on any atom is 0.264 e. The summed E-state index contributed by atoms with van der Waals surface area (Å²) in [5, 5.41) is 2.99. The molecule has 1 aliphatic heterocycles. The lowest BCUT2D eigenvalue weighted by Crippen LogP contribution is -2.50. The predicted molar refractivity (Wildman–Crippen MR) is 122 cm³/mol. The fraction of sp³-hybridized carbons (Fsp3) is 0.174. The smallest absolute Gasteiger partial charge is 0.264 e. The van der Waals surface area contributed by atoms with Gasteiger partial charge in [-0.25, -0.2) is 8.42 Å². The molecule has 1 aliphatic rings. The Morgan fingerprint density at radius 3 is 2.56 bits per heavy atom. The summed E-state index contributed by atoms with van der Waals surface area (Å²) in [7, 11) is -2.57. The van der Waals surface area contributed by atoms with E-state index in [1.54, 1.807) is 24.3 Å². The van der Waals surface area contributed by atoms with Gasteiger partial charge in [0.05, 0.1) is 29.3 Å². The van der Waals surface area contributed by atoms with Gasteiger partial charge in [0.15, 0.2) is 6.10 Å². The van der Waals surface area contributed by atoms with Crippen LogP contribution in [0.2, 0.25) is 5.02 Å². The predicted octanol–water partition coefficient (Wildman–Crippen LogP) is 3.62. The van der Waals surface area contributed by atoms with Gasteiger partial charge in [-0.15, -0.1) is 0 Å². The van der Waals surface area contributed by atoms with E-state index in [-0.39, 0.29) is 16.5 Å². The van der Waals surface area contributed by atoms with E-state index in [0.29, 0.717) is 23.7 Å². The van der Waals surface area contributed by atoms with Crippen molar-refractivity contribution < 1.29 is 22.7 Å². The molecule has 0 radical (unpaired) electrons. The number of para-hydroxylation sites is 2. The summed E-state index contributed by atoms with van der Waals surface area (Å²) in [6.45, 7) is 0.131. The molecular formula is C23H21ClN2O5S. The minimum Gasteiger partial charge on any atom is -0.495 e. The van der Waals surface area contributed by atoms with Gasteiger partial charge in [-0.1, -0.05) is 54.1 Å². The van der Waals surface area contributed by atoms with Crippen LogP contribution in [-0.2, 0) is 21.4 Å². The van der Waals surface area contributed by atoms with Gasteiger partial charge >= 0.3 is 0 Å². The maximum absolute atomic E-state index is 13.5. The lowest BCUT2D eigenvalue weighted by atomic mass is 10.2. The Labute approximate surface area is 191 Å². The first-order valence-corrected chi connectivity index (χ1v) is 11.7. The zero-order chi connectivity index (χ0) is 22.7. The number of nitrogens with one attached hydrogen (secondary N) is 1. The average Bonchev–Trinajstić information content (AvgIpc) is 2.82. The minimum absolute atomic E-state index is 0.0107. The highest BCUT2D eigenvalue weighted by Gasteiger charge is 2.37. The number of methoxy groups -OCH3 is 1. The number of nitrogens with zero attached hydrogens (tertiary/aromatic N) is 1. The zero-order valence-corrected chi connectivity index (χ0v) is 18.8. The van der Waals surface area contributed by atoms with E-state index < -0.39 is 22.0 Å². The molecular weight excluding hydrogens is 452 g/mol. The summed E-state index contributed by atoms with van der Waals surface area (Å²) in [6, 6.07) is 20.4. The van der Waals surface area contributed by atoms with Crippen LogP contribution in [0, 0.1) is 0 Å². The number of sulfonamides is 1. The monoisotopic (exact) mass is 472 g/mol. The Hall–Kier alpha value is -3.23. The van der Waals surface area contributed by atoms with E-state index in [2.05, 4.69) is 5.32 Å². The number of hydrogen-bond donors (Lipinski definition) is 1. The third kappa shape index (κ3) is 4.37. The van der Waals surface area contributed by atoms with Crippen molar-refractivity contribution in [1.82, 2.24) is 5.32 Å². The normalized spacial score (nSPS) is 15.4. The molecule has 166 valence electrons. The Balaban J connectivity index is 1.62. The molecule has 3 aromatic carbocycles. The van der Waals surface area contributed by atoms with Gasteiger partial charge < -0.3 is 14.8 Å². The topological polar surface area (TPSA) is 84.9 Å². The standard InChI is InChI=1S/C23H21ClN2O5S/c1-30-20-12-11-17(13-18(20)24)32(28,29)26-15-22(31-21-10-6-5-9-19(21)26)23(27)25-14-16-7-3-2-4-8-16/h2-13,22H,14-15H2,1H3,(H,25,27)/t22-/m1/s1. The fourth-order valence-electron chi connectivity index (χ4n) is 3.40. The Kier molecular flexibility index (Phi) is 6.25. The number of carbonyl (C=O) groups excluding carboxylic acids is 1. The second-order valence-electron chi connectivity index (χ2n) is 7.11. The van der Waals surface area contributed by atoms with Gasteiger partial charge in [0, 0.05) is 6.54 Å². The molecule has 7 nitrogen and oxygen atoms in total. The molecule has 1 N–H and O–H groups in total. The summed E-state index contributed by atoms with van der Waals surface area (Å²) in [5.74, 6) is 0.268. The van der Waals surface area contributed by atoms with Crippen molar-refractivity contribution in [1.29, 1.82) is 0 Å².